The first-order valence-corrected chi connectivity index (χ1v) is 6.74. The van der Waals surface area contributed by atoms with Gasteiger partial charge < -0.3 is 15.2 Å². The normalized spacial score (nSPS) is 25.9. The third-order valence-electron chi connectivity index (χ3n) is 3.43. The van der Waals surface area contributed by atoms with Gasteiger partial charge >= 0.3 is 12.1 Å². The van der Waals surface area contributed by atoms with Gasteiger partial charge in [0.1, 0.15) is 5.60 Å². The van der Waals surface area contributed by atoms with Gasteiger partial charge in [0.15, 0.2) is 5.41 Å². The number of carbonyl (C=O) groups excluding carboxylic acids is 1. The second-order valence-corrected chi connectivity index (χ2v) is 7.60. The number of hydrogen-bond donors (Lipinski definition) is 2. The molecule has 2 atom stereocenters. The Balaban J connectivity index is 3.05. The minimum atomic E-state index is -3.34. The van der Waals surface area contributed by atoms with Crippen LogP contribution in [-0.2, 0) is 9.53 Å². The van der Waals surface area contributed by atoms with Gasteiger partial charge in [0.2, 0.25) is 0 Å². The number of hydrogen-bond acceptors (Lipinski definition) is 3. The van der Waals surface area contributed by atoms with Crippen molar-refractivity contribution < 1.29 is 28.2 Å². The summed E-state index contributed by atoms with van der Waals surface area (Å²) in [5.74, 6) is -4.95. The predicted octanol–water partition coefficient (Wildman–Crippen LogP) is 3.04. The summed E-state index contributed by atoms with van der Waals surface area (Å²) in [7, 11) is 0. The summed E-state index contributed by atoms with van der Waals surface area (Å²) in [5, 5.41) is 11.6. The number of carbonyl (C=O) groups is 2. The molecular weight excluding hydrogens is 284 g/mol. The highest BCUT2D eigenvalue weighted by molar-refractivity contribution is 5.83. The maximum absolute atomic E-state index is 13.7. The molecule has 0 heterocycles. The van der Waals surface area contributed by atoms with E-state index < -0.39 is 46.9 Å². The Morgan fingerprint density at radius 3 is 1.86 bits per heavy atom. The van der Waals surface area contributed by atoms with E-state index in [1.807, 2.05) is 0 Å². The molecule has 0 radical (unpaired) electrons. The molecule has 1 aliphatic carbocycles. The van der Waals surface area contributed by atoms with Crippen molar-refractivity contribution in [3.05, 3.63) is 0 Å². The van der Waals surface area contributed by atoms with Crippen LogP contribution >= 0.6 is 0 Å². The zero-order valence-corrected chi connectivity index (χ0v) is 13.2. The molecule has 1 amide bonds. The van der Waals surface area contributed by atoms with Crippen LogP contribution in [0.4, 0.5) is 13.6 Å². The molecule has 2 unspecified atom stereocenters. The molecule has 0 aromatic rings. The fraction of sp³-hybridized carbons (Fsp3) is 0.857. The second-order valence-electron chi connectivity index (χ2n) is 7.60. The molecule has 5 nitrogen and oxygen atoms in total. The van der Waals surface area contributed by atoms with Crippen LogP contribution in [-0.4, -0.2) is 34.7 Å². The first-order chi connectivity index (χ1) is 9.13. The third kappa shape index (κ3) is 3.44. The van der Waals surface area contributed by atoms with Crippen LogP contribution in [0.1, 0.15) is 48.0 Å². The zero-order chi connectivity index (χ0) is 16.9. The SMILES string of the molecule is CC(C)(C)OC(=O)NC(C(C)(C)C)C1(C(=O)O)CC1(F)F. The molecular formula is C14H23F2NO4. The van der Waals surface area contributed by atoms with Gasteiger partial charge in [-0.25, -0.2) is 13.6 Å². The Morgan fingerprint density at radius 2 is 1.62 bits per heavy atom. The number of amides is 1. The molecule has 1 saturated carbocycles. The minimum absolute atomic E-state index is 0.785. The van der Waals surface area contributed by atoms with Crippen LogP contribution in [0.15, 0.2) is 0 Å². The number of alkyl carbamates (subject to hydrolysis) is 1. The maximum Gasteiger partial charge on any atom is 0.407 e. The molecule has 1 rings (SSSR count). The Kier molecular flexibility index (Phi) is 4.05. The zero-order valence-electron chi connectivity index (χ0n) is 13.2. The molecule has 0 aliphatic heterocycles. The molecule has 1 aliphatic rings. The number of alkyl halides is 2. The third-order valence-corrected chi connectivity index (χ3v) is 3.43. The van der Waals surface area contributed by atoms with Crippen molar-refractivity contribution in [2.24, 2.45) is 10.8 Å². The fourth-order valence-electron chi connectivity index (χ4n) is 2.48. The predicted molar refractivity (Wildman–Crippen MR) is 72.2 cm³/mol. The highest BCUT2D eigenvalue weighted by Crippen LogP contribution is 2.65. The van der Waals surface area contributed by atoms with Crippen molar-refractivity contribution in [3.63, 3.8) is 0 Å². The van der Waals surface area contributed by atoms with Gasteiger partial charge in [0.25, 0.3) is 5.92 Å². The van der Waals surface area contributed by atoms with Crippen molar-refractivity contribution in [3.8, 4) is 0 Å². The van der Waals surface area contributed by atoms with E-state index in [1.54, 1.807) is 41.5 Å². The van der Waals surface area contributed by atoms with Crippen molar-refractivity contribution >= 4 is 12.1 Å². The number of nitrogens with one attached hydrogen (secondary N) is 1. The maximum atomic E-state index is 13.7. The molecule has 0 aromatic heterocycles. The van der Waals surface area contributed by atoms with E-state index >= 15 is 0 Å². The van der Waals surface area contributed by atoms with Crippen LogP contribution in [0, 0.1) is 10.8 Å². The van der Waals surface area contributed by atoms with E-state index in [0.717, 1.165) is 0 Å². The molecule has 0 aromatic carbocycles. The van der Waals surface area contributed by atoms with Crippen molar-refractivity contribution in [1.29, 1.82) is 0 Å². The van der Waals surface area contributed by atoms with E-state index in [0.29, 0.717) is 0 Å². The molecule has 2 N–H and O–H groups in total. The number of carboxylic acids is 1. The lowest BCUT2D eigenvalue weighted by Gasteiger charge is -2.36. The number of ether oxygens (including phenoxy) is 1. The van der Waals surface area contributed by atoms with Gasteiger partial charge in [0, 0.05) is 6.42 Å². The lowest BCUT2D eigenvalue weighted by molar-refractivity contribution is -0.151. The summed E-state index contributed by atoms with van der Waals surface area (Å²) in [6, 6.07) is -1.24. The van der Waals surface area contributed by atoms with Crippen LogP contribution in [0.25, 0.3) is 0 Å². The summed E-state index contributed by atoms with van der Waals surface area (Å²) >= 11 is 0. The average molecular weight is 307 g/mol. The monoisotopic (exact) mass is 307 g/mol. The van der Waals surface area contributed by atoms with Crippen LogP contribution in [0.2, 0.25) is 0 Å². The highest BCUT2D eigenvalue weighted by atomic mass is 19.3. The quantitative estimate of drug-likeness (QED) is 0.840. The molecule has 21 heavy (non-hydrogen) atoms. The molecule has 0 bridgehead atoms. The second kappa shape index (κ2) is 4.81. The van der Waals surface area contributed by atoms with Crippen molar-refractivity contribution in [1.82, 2.24) is 5.32 Å². The topological polar surface area (TPSA) is 75.6 Å². The Bertz CT molecular complexity index is 451. The Morgan fingerprint density at radius 1 is 1.19 bits per heavy atom. The first-order valence-electron chi connectivity index (χ1n) is 6.74. The summed E-state index contributed by atoms with van der Waals surface area (Å²) in [5.41, 5.74) is -3.94. The summed E-state index contributed by atoms with van der Waals surface area (Å²) in [6.45, 7) is 9.72. The molecule has 0 spiro atoms. The lowest BCUT2D eigenvalue weighted by atomic mass is 9.76. The summed E-state index contributed by atoms with van der Waals surface area (Å²) < 4.78 is 32.4. The summed E-state index contributed by atoms with van der Waals surface area (Å²) in [4.78, 5) is 23.2. The largest absolute Gasteiger partial charge is 0.481 e. The number of carboxylic acid groups (broad SMARTS) is 1. The number of halogens is 2. The molecule has 122 valence electrons. The fourth-order valence-corrected chi connectivity index (χ4v) is 2.48. The van der Waals surface area contributed by atoms with Crippen molar-refractivity contribution in [2.75, 3.05) is 0 Å². The molecule has 0 saturated heterocycles. The van der Waals surface area contributed by atoms with Gasteiger partial charge in [0.05, 0.1) is 6.04 Å². The van der Waals surface area contributed by atoms with Gasteiger partial charge in [-0.15, -0.1) is 0 Å². The Labute approximate surface area is 123 Å². The van der Waals surface area contributed by atoms with Gasteiger partial charge in [-0.1, -0.05) is 20.8 Å². The van der Waals surface area contributed by atoms with Gasteiger partial charge in [-0.2, -0.15) is 0 Å². The van der Waals surface area contributed by atoms with Crippen LogP contribution < -0.4 is 5.32 Å². The Hall–Kier alpha value is -1.40. The summed E-state index contributed by atoms with van der Waals surface area (Å²) in [6.07, 6.45) is -1.68. The smallest absolute Gasteiger partial charge is 0.407 e. The van der Waals surface area contributed by atoms with Crippen LogP contribution in [0.5, 0.6) is 0 Å². The standard InChI is InChI=1S/C14H23F2NO4/c1-11(2,3)8(17-10(20)21-12(4,5)6)13(9(18)19)7-14(13,15)16/h8H,7H2,1-6H3,(H,17,20)(H,18,19). The van der Waals surface area contributed by atoms with Gasteiger partial charge in [-0.3, -0.25) is 4.79 Å². The number of aliphatic carboxylic acids is 1. The van der Waals surface area contributed by atoms with Crippen LogP contribution in [0.3, 0.4) is 0 Å². The molecule has 1 fully saturated rings. The highest BCUT2D eigenvalue weighted by Gasteiger charge is 2.81. The number of rotatable bonds is 3. The van der Waals surface area contributed by atoms with E-state index in [9.17, 15) is 23.5 Å². The first kappa shape index (κ1) is 17.7. The van der Waals surface area contributed by atoms with E-state index in [2.05, 4.69) is 5.32 Å². The minimum Gasteiger partial charge on any atom is -0.481 e. The van der Waals surface area contributed by atoms with Gasteiger partial charge in [-0.05, 0) is 26.2 Å². The van der Waals surface area contributed by atoms with E-state index in [-0.39, 0.29) is 0 Å². The average Bonchev–Trinajstić information content (AvgIpc) is 2.75. The van der Waals surface area contributed by atoms with E-state index in [1.165, 1.54) is 0 Å². The van der Waals surface area contributed by atoms with Crippen molar-refractivity contribution in [2.45, 2.75) is 65.5 Å². The lowest BCUT2D eigenvalue weighted by Crippen LogP contribution is -2.55. The van der Waals surface area contributed by atoms with E-state index in [4.69, 9.17) is 4.74 Å². The molecule has 7 heteroatoms.